The summed E-state index contributed by atoms with van der Waals surface area (Å²) < 4.78 is 0. The van der Waals surface area contributed by atoms with Crippen molar-refractivity contribution in [2.75, 3.05) is 6.54 Å². The zero-order chi connectivity index (χ0) is 13.6. The Bertz CT molecular complexity index is 295. The van der Waals surface area contributed by atoms with Crippen LogP contribution in [-0.2, 0) is 9.59 Å². The van der Waals surface area contributed by atoms with Crippen LogP contribution in [0.15, 0.2) is 24.3 Å². The van der Waals surface area contributed by atoms with Gasteiger partial charge in [-0.15, -0.1) is 0 Å². The highest BCUT2D eigenvalue weighted by atomic mass is 16.4. The first-order chi connectivity index (χ1) is 8.66. The second kappa shape index (κ2) is 11.9. The predicted octanol–water partition coefficient (Wildman–Crippen LogP) is 2.66. The Morgan fingerprint density at radius 2 is 1.78 bits per heavy atom. The van der Waals surface area contributed by atoms with Gasteiger partial charge >= 0.3 is 5.97 Å². The third kappa shape index (κ3) is 12.5. The van der Waals surface area contributed by atoms with Gasteiger partial charge in [-0.1, -0.05) is 31.9 Å². The van der Waals surface area contributed by atoms with E-state index in [9.17, 15) is 9.59 Å². The third-order valence-electron chi connectivity index (χ3n) is 2.38. The van der Waals surface area contributed by atoms with Gasteiger partial charge in [-0.05, 0) is 25.7 Å². The van der Waals surface area contributed by atoms with Gasteiger partial charge in [-0.2, -0.15) is 0 Å². The van der Waals surface area contributed by atoms with Gasteiger partial charge in [0.25, 0.3) is 0 Å². The predicted molar refractivity (Wildman–Crippen MR) is 72.3 cm³/mol. The number of amides is 1. The molecule has 0 aromatic heterocycles. The maximum atomic E-state index is 11.1. The first kappa shape index (κ1) is 16.4. The largest absolute Gasteiger partial charge is 0.478 e. The van der Waals surface area contributed by atoms with E-state index in [0.717, 1.165) is 44.3 Å². The van der Waals surface area contributed by atoms with Crippen LogP contribution in [0, 0.1) is 0 Å². The van der Waals surface area contributed by atoms with Crippen molar-refractivity contribution in [1.82, 2.24) is 5.32 Å². The van der Waals surface area contributed by atoms with E-state index >= 15 is 0 Å². The van der Waals surface area contributed by atoms with E-state index < -0.39 is 5.97 Å². The van der Waals surface area contributed by atoms with Gasteiger partial charge in [0, 0.05) is 18.7 Å². The molecule has 0 aliphatic carbocycles. The van der Waals surface area contributed by atoms with E-state index in [1.807, 2.05) is 0 Å². The molecule has 0 fully saturated rings. The summed E-state index contributed by atoms with van der Waals surface area (Å²) in [7, 11) is 0. The average Bonchev–Trinajstić information content (AvgIpc) is 2.34. The van der Waals surface area contributed by atoms with Gasteiger partial charge in [0.1, 0.15) is 0 Å². The Morgan fingerprint density at radius 1 is 1.06 bits per heavy atom. The molecule has 0 bridgehead atoms. The van der Waals surface area contributed by atoms with E-state index in [1.165, 1.54) is 6.42 Å². The molecule has 4 heteroatoms. The Morgan fingerprint density at radius 3 is 2.44 bits per heavy atom. The molecule has 2 N–H and O–H groups in total. The summed E-state index contributed by atoms with van der Waals surface area (Å²) in [5.41, 5.74) is 0. The fraction of sp³-hybridized carbons (Fsp3) is 0.571. The molecule has 0 rings (SSSR count). The zero-order valence-corrected chi connectivity index (χ0v) is 11.0. The number of carboxylic acids is 1. The highest BCUT2D eigenvalue weighted by molar-refractivity contribution is 5.93. The van der Waals surface area contributed by atoms with Crippen LogP contribution in [0.2, 0.25) is 0 Å². The smallest absolute Gasteiger partial charge is 0.328 e. The number of carboxylic acid groups (broad SMARTS) is 1. The van der Waals surface area contributed by atoms with Crippen LogP contribution in [-0.4, -0.2) is 23.5 Å². The van der Waals surface area contributed by atoms with Crippen molar-refractivity contribution in [3.05, 3.63) is 24.3 Å². The monoisotopic (exact) mass is 253 g/mol. The first-order valence-corrected chi connectivity index (χ1v) is 6.50. The molecular weight excluding hydrogens is 230 g/mol. The summed E-state index contributed by atoms with van der Waals surface area (Å²) in [6.07, 6.45) is 12.9. The Labute approximate surface area is 109 Å². The van der Waals surface area contributed by atoms with E-state index in [0.29, 0.717) is 6.54 Å². The van der Waals surface area contributed by atoms with Crippen LogP contribution in [0.1, 0.15) is 45.4 Å². The lowest BCUT2D eigenvalue weighted by molar-refractivity contribution is -0.131. The van der Waals surface area contributed by atoms with Gasteiger partial charge in [0.05, 0.1) is 0 Å². The van der Waals surface area contributed by atoms with Crippen molar-refractivity contribution in [3.8, 4) is 0 Å². The summed E-state index contributed by atoms with van der Waals surface area (Å²) in [6, 6.07) is 0. The fourth-order valence-electron chi connectivity index (χ4n) is 1.44. The highest BCUT2D eigenvalue weighted by Crippen LogP contribution is 2.03. The molecule has 18 heavy (non-hydrogen) atoms. The van der Waals surface area contributed by atoms with Crippen LogP contribution in [0.5, 0.6) is 0 Å². The molecule has 0 aliphatic rings. The quantitative estimate of drug-likeness (QED) is 0.357. The van der Waals surface area contributed by atoms with Crippen LogP contribution in [0.4, 0.5) is 0 Å². The van der Waals surface area contributed by atoms with Gasteiger partial charge in [0.2, 0.25) is 5.91 Å². The molecular formula is C14H23NO3. The topological polar surface area (TPSA) is 66.4 Å². The molecule has 102 valence electrons. The lowest BCUT2D eigenvalue weighted by Gasteiger charge is -2.01. The molecule has 0 heterocycles. The number of unbranched alkanes of at least 4 members (excludes halogenated alkanes) is 4. The number of carbonyl (C=O) groups excluding carboxylic acids is 1. The van der Waals surface area contributed by atoms with E-state index in [2.05, 4.69) is 24.4 Å². The second-order valence-electron chi connectivity index (χ2n) is 4.05. The van der Waals surface area contributed by atoms with Crippen molar-refractivity contribution in [3.63, 3.8) is 0 Å². The number of allylic oxidation sites excluding steroid dienone is 2. The zero-order valence-electron chi connectivity index (χ0n) is 11.0. The van der Waals surface area contributed by atoms with Crippen molar-refractivity contribution in [1.29, 1.82) is 0 Å². The molecule has 0 radical (unpaired) electrons. The highest BCUT2D eigenvalue weighted by Gasteiger charge is 1.96. The minimum absolute atomic E-state index is 0.344. The maximum Gasteiger partial charge on any atom is 0.328 e. The summed E-state index contributed by atoms with van der Waals surface area (Å²) in [5, 5.41) is 11.0. The van der Waals surface area contributed by atoms with Crippen molar-refractivity contribution < 1.29 is 14.7 Å². The lowest BCUT2D eigenvalue weighted by Crippen LogP contribution is -2.22. The fourth-order valence-corrected chi connectivity index (χ4v) is 1.44. The van der Waals surface area contributed by atoms with Gasteiger partial charge in [-0.25, -0.2) is 4.79 Å². The van der Waals surface area contributed by atoms with E-state index in [-0.39, 0.29) is 5.91 Å². The maximum absolute atomic E-state index is 11.1. The lowest BCUT2D eigenvalue weighted by atomic mass is 10.1. The molecule has 0 aromatic carbocycles. The van der Waals surface area contributed by atoms with E-state index in [4.69, 9.17) is 5.11 Å². The first-order valence-electron chi connectivity index (χ1n) is 6.50. The molecule has 0 spiro atoms. The SMILES string of the molecule is CC/C=C/CCCCCCNC(=O)/C=C/C(=O)O. The standard InChI is InChI=1S/C14H23NO3/c1-2-3-4-5-6-7-8-9-12-15-13(16)10-11-14(17)18/h3-4,10-11H,2,5-9,12H2,1H3,(H,15,16)(H,17,18)/b4-3+,11-10+. The average molecular weight is 253 g/mol. The number of nitrogens with one attached hydrogen (secondary N) is 1. The molecule has 0 atom stereocenters. The number of hydrogen-bond donors (Lipinski definition) is 2. The molecule has 0 aromatic rings. The molecule has 0 saturated heterocycles. The van der Waals surface area contributed by atoms with Crippen LogP contribution in [0.3, 0.4) is 0 Å². The second-order valence-corrected chi connectivity index (χ2v) is 4.05. The normalized spacial score (nSPS) is 11.2. The summed E-state index contributed by atoms with van der Waals surface area (Å²) in [4.78, 5) is 21.2. The van der Waals surface area contributed by atoms with Gasteiger partial charge in [-0.3, -0.25) is 4.79 Å². The van der Waals surface area contributed by atoms with Crippen LogP contribution in [0.25, 0.3) is 0 Å². The summed E-state index contributed by atoms with van der Waals surface area (Å²) in [5.74, 6) is -1.45. The minimum Gasteiger partial charge on any atom is -0.478 e. The summed E-state index contributed by atoms with van der Waals surface area (Å²) >= 11 is 0. The molecule has 1 amide bonds. The minimum atomic E-state index is -1.11. The number of carbonyl (C=O) groups is 2. The number of rotatable bonds is 10. The van der Waals surface area contributed by atoms with Crippen LogP contribution >= 0.6 is 0 Å². The Kier molecular flexibility index (Phi) is 10.8. The summed E-state index contributed by atoms with van der Waals surface area (Å²) in [6.45, 7) is 2.73. The van der Waals surface area contributed by atoms with Crippen molar-refractivity contribution >= 4 is 11.9 Å². The molecule has 0 unspecified atom stereocenters. The molecule has 0 saturated carbocycles. The van der Waals surface area contributed by atoms with Crippen molar-refractivity contribution in [2.45, 2.75) is 45.4 Å². The van der Waals surface area contributed by atoms with E-state index in [1.54, 1.807) is 0 Å². The number of hydrogen-bond acceptors (Lipinski definition) is 2. The molecule has 0 aliphatic heterocycles. The number of aliphatic carboxylic acids is 1. The third-order valence-corrected chi connectivity index (χ3v) is 2.38. The van der Waals surface area contributed by atoms with Crippen LogP contribution < -0.4 is 5.32 Å². The van der Waals surface area contributed by atoms with Crippen molar-refractivity contribution in [2.24, 2.45) is 0 Å². The Balaban J connectivity index is 3.32. The van der Waals surface area contributed by atoms with Gasteiger partial charge < -0.3 is 10.4 Å². The molecule has 4 nitrogen and oxygen atoms in total. The van der Waals surface area contributed by atoms with Gasteiger partial charge in [0.15, 0.2) is 0 Å². The Hall–Kier alpha value is -1.58.